The van der Waals surface area contributed by atoms with Gasteiger partial charge in [0.15, 0.2) is 0 Å². The number of benzene rings is 1. The average Bonchev–Trinajstić information content (AvgIpc) is 2.76. The van der Waals surface area contributed by atoms with Gasteiger partial charge in [-0.2, -0.15) is 0 Å². The predicted molar refractivity (Wildman–Crippen MR) is 78.4 cm³/mol. The van der Waals surface area contributed by atoms with Crippen LogP contribution in [0.25, 0.3) is 0 Å². The first-order valence-electron chi connectivity index (χ1n) is 6.15. The molecule has 0 spiro atoms. The van der Waals surface area contributed by atoms with Crippen LogP contribution in [0, 0.1) is 13.8 Å². The Hall–Kier alpha value is -2.14. The van der Waals surface area contributed by atoms with Gasteiger partial charge in [-0.1, -0.05) is 12.1 Å². The molecular formula is C15H15NO3S. The largest absolute Gasteiger partial charge is 0.478 e. The fraction of sp³-hybridized carbons (Fsp3) is 0.200. The van der Waals surface area contributed by atoms with Gasteiger partial charge in [0.05, 0.1) is 10.4 Å². The number of amides is 1. The molecule has 1 amide bonds. The van der Waals surface area contributed by atoms with Crippen LogP contribution in [0.3, 0.4) is 0 Å². The van der Waals surface area contributed by atoms with Crippen LogP contribution < -0.4 is 5.32 Å². The van der Waals surface area contributed by atoms with Gasteiger partial charge in [0.25, 0.3) is 5.91 Å². The van der Waals surface area contributed by atoms with Gasteiger partial charge in [-0.05, 0) is 43.2 Å². The van der Waals surface area contributed by atoms with Gasteiger partial charge in [0.2, 0.25) is 0 Å². The van der Waals surface area contributed by atoms with E-state index in [2.05, 4.69) is 5.32 Å². The van der Waals surface area contributed by atoms with Crippen LogP contribution in [0.15, 0.2) is 30.3 Å². The van der Waals surface area contributed by atoms with Crippen LogP contribution in [0.2, 0.25) is 0 Å². The number of thiophene rings is 1. The van der Waals surface area contributed by atoms with Gasteiger partial charge in [0, 0.05) is 11.4 Å². The van der Waals surface area contributed by atoms with Crippen molar-refractivity contribution in [3.63, 3.8) is 0 Å². The van der Waals surface area contributed by atoms with Gasteiger partial charge >= 0.3 is 5.97 Å². The molecule has 0 aliphatic rings. The Balaban J connectivity index is 2.03. The SMILES string of the molecule is Cc1cc(C(=O)NCc2cccc(C(=O)O)c2)sc1C. The molecule has 0 saturated heterocycles. The summed E-state index contributed by atoms with van der Waals surface area (Å²) in [5.41, 5.74) is 2.09. The molecule has 2 aromatic rings. The topological polar surface area (TPSA) is 66.4 Å². The number of nitrogens with one attached hydrogen (secondary N) is 1. The van der Waals surface area contributed by atoms with Gasteiger partial charge in [-0.25, -0.2) is 4.79 Å². The molecule has 0 atom stereocenters. The highest BCUT2D eigenvalue weighted by molar-refractivity contribution is 7.14. The number of hydrogen-bond acceptors (Lipinski definition) is 3. The average molecular weight is 289 g/mol. The first-order chi connectivity index (χ1) is 9.47. The molecule has 104 valence electrons. The summed E-state index contributed by atoms with van der Waals surface area (Å²) in [6.45, 7) is 4.27. The molecule has 20 heavy (non-hydrogen) atoms. The summed E-state index contributed by atoms with van der Waals surface area (Å²) in [6, 6.07) is 8.41. The maximum Gasteiger partial charge on any atom is 0.335 e. The molecule has 1 aromatic carbocycles. The summed E-state index contributed by atoms with van der Waals surface area (Å²) < 4.78 is 0. The Kier molecular flexibility index (Phi) is 4.20. The lowest BCUT2D eigenvalue weighted by molar-refractivity contribution is 0.0696. The maximum absolute atomic E-state index is 12.0. The van der Waals surface area contributed by atoms with E-state index in [-0.39, 0.29) is 11.5 Å². The minimum atomic E-state index is -0.970. The molecule has 0 unspecified atom stereocenters. The Morgan fingerprint density at radius 2 is 2.00 bits per heavy atom. The first kappa shape index (κ1) is 14.3. The van der Waals surface area contributed by atoms with Crippen molar-refractivity contribution >= 4 is 23.2 Å². The zero-order valence-corrected chi connectivity index (χ0v) is 12.1. The van der Waals surface area contributed by atoms with E-state index >= 15 is 0 Å². The number of rotatable bonds is 4. The van der Waals surface area contributed by atoms with Crippen molar-refractivity contribution in [2.45, 2.75) is 20.4 Å². The molecule has 0 aliphatic heterocycles. The van der Waals surface area contributed by atoms with Gasteiger partial charge < -0.3 is 10.4 Å². The second-order valence-corrected chi connectivity index (χ2v) is 5.79. The van der Waals surface area contributed by atoms with E-state index in [9.17, 15) is 9.59 Å². The van der Waals surface area contributed by atoms with E-state index in [4.69, 9.17) is 5.11 Å². The minimum absolute atomic E-state index is 0.132. The molecule has 1 aromatic heterocycles. The molecule has 0 fully saturated rings. The van der Waals surface area contributed by atoms with E-state index < -0.39 is 5.97 Å². The third-order valence-corrected chi connectivity index (χ3v) is 4.17. The molecule has 0 bridgehead atoms. The zero-order chi connectivity index (χ0) is 14.7. The molecule has 0 saturated carbocycles. The highest BCUT2D eigenvalue weighted by Gasteiger charge is 2.10. The zero-order valence-electron chi connectivity index (χ0n) is 11.3. The molecule has 2 N–H and O–H groups in total. The van der Waals surface area contributed by atoms with Crippen LogP contribution in [0.5, 0.6) is 0 Å². The van der Waals surface area contributed by atoms with Crippen molar-refractivity contribution in [2.24, 2.45) is 0 Å². The van der Waals surface area contributed by atoms with Crippen molar-refractivity contribution in [1.82, 2.24) is 5.32 Å². The summed E-state index contributed by atoms with van der Waals surface area (Å²) in [4.78, 5) is 24.7. The van der Waals surface area contributed by atoms with E-state index in [1.165, 1.54) is 17.4 Å². The number of aromatic carboxylic acids is 1. The monoisotopic (exact) mass is 289 g/mol. The standard InChI is InChI=1S/C15H15NO3S/c1-9-6-13(20-10(9)2)14(17)16-8-11-4-3-5-12(7-11)15(18)19/h3-7H,8H2,1-2H3,(H,16,17)(H,18,19). The highest BCUT2D eigenvalue weighted by Crippen LogP contribution is 2.20. The maximum atomic E-state index is 12.0. The fourth-order valence-electron chi connectivity index (χ4n) is 1.77. The van der Waals surface area contributed by atoms with Crippen molar-refractivity contribution in [1.29, 1.82) is 0 Å². The van der Waals surface area contributed by atoms with Crippen LogP contribution in [0.1, 0.15) is 36.0 Å². The van der Waals surface area contributed by atoms with E-state index in [1.807, 2.05) is 19.9 Å². The molecule has 2 rings (SSSR count). The smallest absolute Gasteiger partial charge is 0.335 e. The fourth-order valence-corrected chi connectivity index (χ4v) is 2.72. The van der Waals surface area contributed by atoms with Crippen molar-refractivity contribution in [3.05, 3.63) is 56.8 Å². The highest BCUT2D eigenvalue weighted by atomic mass is 32.1. The Morgan fingerprint density at radius 1 is 1.25 bits per heavy atom. The summed E-state index contributed by atoms with van der Waals surface area (Å²) in [7, 11) is 0. The molecule has 5 heteroatoms. The third kappa shape index (κ3) is 3.24. The van der Waals surface area contributed by atoms with Crippen LogP contribution in [0.4, 0.5) is 0 Å². The third-order valence-electron chi connectivity index (χ3n) is 3.02. The van der Waals surface area contributed by atoms with Gasteiger partial charge in [0.1, 0.15) is 0 Å². The number of hydrogen-bond donors (Lipinski definition) is 2. The Morgan fingerprint density at radius 3 is 2.60 bits per heavy atom. The van der Waals surface area contributed by atoms with Crippen molar-refractivity contribution < 1.29 is 14.7 Å². The summed E-state index contributed by atoms with van der Waals surface area (Å²) in [5.74, 6) is -1.10. The number of carbonyl (C=O) groups excluding carboxylic acids is 1. The number of aryl methyl sites for hydroxylation is 2. The lowest BCUT2D eigenvalue weighted by atomic mass is 10.1. The van der Waals surface area contributed by atoms with Crippen molar-refractivity contribution in [2.75, 3.05) is 0 Å². The van der Waals surface area contributed by atoms with E-state index in [1.54, 1.807) is 18.2 Å². The van der Waals surface area contributed by atoms with Crippen LogP contribution in [-0.4, -0.2) is 17.0 Å². The minimum Gasteiger partial charge on any atom is -0.478 e. The second-order valence-electron chi connectivity index (χ2n) is 4.54. The molecule has 0 radical (unpaired) electrons. The molecule has 1 heterocycles. The lowest BCUT2D eigenvalue weighted by Gasteiger charge is -2.04. The lowest BCUT2D eigenvalue weighted by Crippen LogP contribution is -2.21. The van der Waals surface area contributed by atoms with Gasteiger partial charge in [-0.3, -0.25) is 4.79 Å². The molecular weight excluding hydrogens is 274 g/mol. The Bertz CT molecular complexity index is 641. The van der Waals surface area contributed by atoms with Crippen LogP contribution in [-0.2, 0) is 6.54 Å². The number of carboxylic acid groups (broad SMARTS) is 1. The summed E-state index contributed by atoms with van der Waals surface area (Å²) >= 11 is 1.46. The van der Waals surface area contributed by atoms with Gasteiger partial charge in [-0.15, -0.1) is 11.3 Å². The molecule has 0 aliphatic carbocycles. The summed E-state index contributed by atoms with van der Waals surface area (Å²) in [5, 5.41) is 11.7. The number of carbonyl (C=O) groups is 2. The summed E-state index contributed by atoms with van der Waals surface area (Å²) in [6.07, 6.45) is 0. The molecule has 4 nitrogen and oxygen atoms in total. The van der Waals surface area contributed by atoms with Crippen LogP contribution >= 0.6 is 11.3 Å². The first-order valence-corrected chi connectivity index (χ1v) is 6.96. The second kappa shape index (κ2) is 5.88. The number of carboxylic acids is 1. The van der Waals surface area contributed by atoms with Crippen molar-refractivity contribution in [3.8, 4) is 0 Å². The predicted octanol–water partition coefficient (Wildman–Crippen LogP) is 2.99. The normalized spacial score (nSPS) is 10.3. The van der Waals surface area contributed by atoms with E-state index in [0.29, 0.717) is 11.4 Å². The quantitative estimate of drug-likeness (QED) is 0.909. The van der Waals surface area contributed by atoms with E-state index in [0.717, 1.165) is 16.0 Å². The Labute approximate surface area is 121 Å².